The molecule has 2 heterocycles. The van der Waals surface area contributed by atoms with Gasteiger partial charge in [0.2, 0.25) is 0 Å². The molecule has 0 radical (unpaired) electrons. The molecule has 2 aliphatic rings. The Hall–Kier alpha value is -1.26. The molecule has 0 saturated carbocycles. The van der Waals surface area contributed by atoms with Crippen molar-refractivity contribution < 1.29 is 14.2 Å². The third-order valence-electron chi connectivity index (χ3n) is 3.81. The van der Waals surface area contributed by atoms with Crippen LogP contribution in [0.4, 0.5) is 0 Å². The van der Waals surface area contributed by atoms with Crippen molar-refractivity contribution in [3.63, 3.8) is 0 Å². The first-order chi connectivity index (χ1) is 9.38. The van der Waals surface area contributed by atoms with E-state index in [1.165, 1.54) is 18.4 Å². The van der Waals surface area contributed by atoms with Gasteiger partial charge in [-0.3, -0.25) is 0 Å². The van der Waals surface area contributed by atoms with E-state index in [1.807, 2.05) is 12.1 Å². The summed E-state index contributed by atoms with van der Waals surface area (Å²) in [5.74, 6) is 1.70. The number of benzene rings is 1. The summed E-state index contributed by atoms with van der Waals surface area (Å²) in [5, 5.41) is 3.57. The van der Waals surface area contributed by atoms with Crippen molar-refractivity contribution in [3.8, 4) is 11.5 Å². The van der Waals surface area contributed by atoms with Crippen molar-refractivity contribution in [2.24, 2.45) is 0 Å². The van der Waals surface area contributed by atoms with Gasteiger partial charge < -0.3 is 19.5 Å². The van der Waals surface area contributed by atoms with Gasteiger partial charge in [0.15, 0.2) is 11.5 Å². The normalized spacial score (nSPS) is 23.7. The summed E-state index contributed by atoms with van der Waals surface area (Å²) >= 11 is 0. The summed E-state index contributed by atoms with van der Waals surface area (Å²) in [4.78, 5) is 0. The summed E-state index contributed by atoms with van der Waals surface area (Å²) in [6.07, 6.45) is 3.84. The van der Waals surface area contributed by atoms with Crippen LogP contribution in [0, 0.1) is 0 Å². The molecule has 104 valence electrons. The van der Waals surface area contributed by atoms with E-state index in [0.717, 1.165) is 24.5 Å². The lowest BCUT2D eigenvalue weighted by Crippen LogP contribution is -2.39. The Labute approximate surface area is 114 Å². The van der Waals surface area contributed by atoms with E-state index in [4.69, 9.17) is 14.2 Å². The molecule has 3 rings (SSSR count). The SMILES string of the molecule is COc1cccc(C2CCCCN2)c1OC1COC1. The Morgan fingerprint density at radius 2 is 2.16 bits per heavy atom. The fourth-order valence-electron chi connectivity index (χ4n) is 2.66. The van der Waals surface area contributed by atoms with E-state index in [2.05, 4.69) is 11.4 Å². The monoisotopic (exact) mass is 263 g/mol. The highest BCUT2D eigenvalue weighted by atomic mass is 16.6. The molecule has 19 heavy (non-hydrogen) atoms. The van der Waals surface area contributed by atoms with E-state index < -0.39 is 0 Å². The number of para-hydroxylation sites is 1. The Morgan fingerprint density at radius 3 is 2.79 bits per heavy atom. The van der Waals surface area contributed by atoms with Gasteiger partial charge in [-0.05, 0) is 25.5 Å². The van der Waals surface area contributed by atoms with Crippen LogP contribution in [-0.4, -0.2) is 33.0 Å². The molecular weight excluding hydrogens is 242 g/mol. The average Bonchev–Trinajstić information content (AvgIpc) is 2.43. The number of hydrogen-bond acceptors (Lipinski definition) is 4. The highest BCUT2D eigenvalue weighted by Gasteiger charge is 2.26. The van der Waals surface area contributed by atoms with Crippen molar-refractivity contribution in [2.45, 2.75) is 31.4 Å². The molecule has 1 aromatic rings. The summed E-state index contributed by atoms with van der Waals surface area (Å²) < 4.78 is 16.7. The van der Waals surface area contributed by atoms with Crippen LogP contribution < -0.4 is 14.8 Å². The fourth-order valence-corrected chi connectivity index (χ4v) is 2.66. The molecular formula is C15H21NO3. The van der Waals surface area contributed by atoms with Crippen molar-refractivity contribution in [2.75, 3.05) is 26.9 Å². The smallest absolute Gasteiger partial charge is 0.166 e. The molecule has 0 bridgehead atoms. The fraction of sp³-hybridized carbons (Fsp3) is 0.600. The number of hydrogen-bond donors (Lipinski definition) is 1. The van der Waals surface area contributed by atoms with Crippen LogP contribution in [-0.2, 0) is 4.74 Å². The predicted molar refractivity (Wildman–Crippen MR) is 72.8 cm³/mol. The van der Waals surface area contributed by atoms with Gasteiger partial charge in [0.1, 0.15) is 6.10 Å². The second kappa shape index (κ2) is 5.80. The van der Waals surface area contributed by atoms with Gasteiger partial charge in [-0.25, -0.2) is 0 Å². The molecule has 1 atom stereocenters. The van der Waals surface area contributed by atoms with Crippen molar-refractivity contribution in [1.29, 1.82) is 0 Å². The van der Waals surface area contributed by atoms with Gasteiger partial charge in [-0.2, -0.15) is 0 Å². The van der Waals surface area contributed by atoms with Crippen LogP contribution in [0.1, 0.15) is 30.9 Å². The van der Waals surface area contributed by atoms with Crippen LogP contribution in [0.25, 0.3) is 0 Å². The quantitative estimate of drug-likeness (QED) is 0.904. The second-order valence-electron chi connectivity index (χ2n) is 5.16. The summed E-state index contributed by atoms with van der Waals surface area (Å²) in [5.41, 5.74) is 1.21. The Bertz CT molecular complexity index is 425. The maximum Gasteiger partial charge on any atom is 0.166 e. The summed E-state index contributed by atoms with van der Waals surface area (Å²) in [6, 6.07) is 6.51. The summed E-state index contributed by atoms with van der Waals surface area (Å²) in [6.45, 7) is 2.43. The average molecular weight is 263 g/mol. The molecule has 4 nitrogen and oxygen atoms in total. The molecule has 2 aliphatic heterocycles. The zero-order valence-electron chi connectivity index (χ0n) is 11.4. The topological polar surface area (TPSA) is 39.7 Å². The van der Waals surface area contributed by atoms with Crippen molar-refractivity contribution >= 4 is 0 Å². The molecule has 0 aromatic heterocycles. The number of methoxy groups -OCH3 is 1. The lowest BCUT2D eigenvalue weighted by atomic mass is 9.96. The maximum absolute atomic E-state index is 6.07. The predicted octanol–water partition coefficient (Wildman–Crippen LogP) is 2.29. The molecule has 0 aliphatic carbocycles. The first-order valence-corrected chi connectivity index (χ1v) is 7.03. The maximum atomic E-state index is 6.07. The number of ether oxygens (including phenoxy) is 3. The molecule has 2 fully saturated rings. The second-order valence-corrected chi connectivity index (χ2v) is 5.16. The lowest BCUT2D eigenvalue weighted by molar-refractivity contribution is -0.0808. The van der Waals surface area contributed by atoms with Crippen LogP contribution >= 0.6 is 0 Å². The van der Waals surface area contributed by atoms with Gasteiger partial charge >= 0.3 is 0 Å². The summed E-state index contributed by atoms with van der Waals surface area (Å²) in [7, 11) is 1.69. The Kier molecular flexibility index (Phi) is 3.89. The molecule has 1 aromatic carbocycles. The third kappa shape index (κ3) is 2.69. The van der Waals surface area contributed by atoms with Gasteiger partial charge in [0, 0.05) is 11.6 Å². The van der Waals surface area contributed by atoms with E-state index in [9.17, 15) is 0 Å². The largest absolute Gasteiger partial charge is 0.493 e. The van der Waals surface area contributed by atoms with Gasteiger partial charge in [0.05, 0.1) is 20.3 Å². The van der Waals surface area contributed by atoms with Gasteiger partial charge in [0.25, 0.3) is 0 Å². The third-order valence-corrected chi connectivity index (χ3v) is 3.81. The Morgan fingerprint density at radius 1 is 1.26 bits per heavy atom. The van der Waals surface area contributed by atoms with Crippen LogP contribution in [0.5, 0.6) is 11.5 Å². The minimum atomic E-state index is 0.165. The first kappa shape index (κ1) is 12.8. The molecule has 1 unspecified atom stereocenters. The number of piperidine rings is 1. The van der Waals surface area contributed by atoms with Crippen LogP contribution in [0.2, 0.25) is 0 Å². The minimum Gasteiger partial charge on any atom is -0.493 e. The van der Waals surface area contributed by atoms with E-state index in [-0.39, 0.29) is 6.10 Å². The molecule has 0 amide bonds. The highest BCUT2D eigenvalue weighted by molar-refractivity contribution is 5.48. The molecule has 2 saturated heterocycles. The first-order valence-electron chi connectivity index (χ1n) is 7.03. The van der Waals surface area contributed by atoms with E-state index in [0.29, 0.717) is 19.3 Å². The van der Waals surface area contributed by atoms with Gasteiger partial charge in [-0.15, -0.1) is 0 Å². The van der Waals surface area contributed by atoms with Crippen LogP contribution in [0.15, 0.2) is 18.2 Å². The highest BCUT2D eigenvalue weighted by Crippen LogP contribution is 2.38. The molecule has 4 heteroatoms. The standard InChI is InChI=1S/C15H21NO3/c1-17-14-7-4-5-12(13-6-2-3-8-16-13)15(14)19-11-9-18-10-11/h4-5,7,11,13,16H,2-3,6,8-10H2,1H3. The zero-order valence-corrected chi connectivity index (χ0v) is 11.4. The van der Waals surface area contributed by atoms with Crippen molar-refractivity contribution in [3.05, 3.63) is 23.8 Å². The molecule has 1 N–H and O–H groups in total. The number of rotatable bonds is 4. The van der Waals surface area contributed by atoms with E-state index >= 15 is 0 Å². The number of nitrogens with one attached hydrogen (secondary N) is 1. The minimum absolute atomic E-state index is 0.165. The van der Waals surface area contributed by atoms with Crippen LogP contribution in [0.3, 0.4) is 0 Å². The van der Waals surface area contributed by atoms with E-state index in [1.54, 1.807) is 7.11 Å². The molecule has 0 spiro atoms. The Balaban J connectivity index is 1.87. The zero-order chi connectivity index (χ0) is 13.1. The van der Waals surface area contributed by atoms with Gasteiger partial charge in [-0.1, -0.05) is 18.6 Å². The van der Waals surface area contributed by atoms with Crippen molar-refractivity contribution in [1.82, 2.24) is 5.32 Å². The lowest BCUT2D eigenvalue weighted by Gasteiger charge is -2.31.